The highest BCUT2D eigenvalue weighted by atomic mass is 32.2. The van der Waals surface area contributed by atoms with Crippen molar-refractivity contribution in [2.45, 2.75) is 25.9 Å². The SMILES string of the molecule is CS/C=C/C(C)NC(=O)N1CCc2ccccc2C1.c1ccccc1. The van der Waals surface area contributed by atoms with E-state index in [0.717, 1.165) is 13.0 Å². The van der Waals surface area contributed by atoms with Crippen LogP contribution in [-0.2, 0) is 13.0 Å². The Morgan fingerprint density at radius 2 is 1.68 bits per heavy atom. The quantitative estimate of drug-likeness (QED) is 0.866. The van der Waals surface area contributed by atoms with Crippen LogP contribution in [0.4, 0.5) is 4.79 Å². The third-order valence-electron chi connectivity index (χ3n) is 3.94. The maximum atomic E-state index is 12.2. The van der Waals surface area contributed by atoms with Gasteiger partial charge in [-0.15, -0.1) is 11.8 Å². The van der Waals surface area contributed by atoms with E-state index < -0.39 is 0 Å². The van der Waals surface area contributed by atoms with Gasteiger partial charge in [0.05, 0.1) is 0 Å². The molecule has 2 aromatic rings. The van der Waals surface area contributed by atoms with Crippen molar-refractivity contribution in [3.05, 3.63) is 83.3 Å². The van der Waals surface area contributed by atoms with Crippen molar-refractivity contribution in [2.24, 2.45) is 0 Å². The van der Waals surface area contributed by atoms with E-state index in [1.807, 2.05) is 72.0 Å². The van der Waals surface area contributed by atoms with E-state index in [4.69, 9.17) is 0 Å². The van der Waals surface area contributed by atoms with E-state index in [0.29, 0.717) is 6.54 Å². The summed E-state index contributed by atoms with van der Waals surface area (Å²) >= 11 is 1.64. The number of carbonyl (C=O) groups excluding carboxylic acids is 1. The molecule has 0 spiro atoms. The van der Waals surface area contributed by atoms with Gasteiger partial charge in [0.15, 0.2) is 0 Å². The molecule has 1 atom stereocenters. The maximum absolute atomic E-state index is 12.2. The van der Waals surface area contributed by atoms with Crippen LogP contribution in [0.3, 0.4) is 0 Å². The Kier molecular flexibility index (Phi) is 8.13. The summed E-state index contributed by atoms with van der Waals surface area (Å²) < 4.78 is 0. The number of nitrogens with one attached hydrogen (secondary N) is 1. The minimum atomic E-state index is 0.0211. The highest BCUT2D eigenvalue weighted by Gasteiger charge is 2.20. The van der Waals surface area contributed by atoms with E-state index >= 15 is 0 Å². The minimum absolute atomic E-state index is 0.0211. The van der Waals surface area contributed by atoms with Crippen LogP contribution >= 0.6 is 11.8 Å². The molecule has 4 heteroatoms. The van der Waals surface area contributed by atoms with Gasteiger partial charge in [0.1, 0.15) is 0 Å². The average molecular weight is 355 g/mol. The number of hydrogen-bond donors (Lipinski definition) is 1. The lowest BCUT2D eigenvalue weighted by atomic mass is 10.0. The normalized spacial score (nSPS) is 14.2. The number of fused-ring (bicyclic) bond motifs is 1. The van der Waals surface area contributed by atoms with Crippen LogP contribution in [0.2, 0.25) is 0 Å². The van der Waals surface area contributed by atoms with E-state index in [9.17, 15) is 4.79 Å². The fourth-order valence-corrected chi connectivity index (χ4v) is 2.98. The topological polar surface area (TPSA) is 32.3 Å². The second-order valence-corrected chi connectivity index (χ2v) is 6.64. The molecular formula is C21H26N2OS. The molecule has 2 amide bonds. The molecule has 25 heavy (non-hydrogen) atoms. The van der Waals surface area contributed by atoms with Gasteiger partial charge in [0.25, 0.3) is 0 Å². The summed E-state index contributed by atoms with van der Waals surface area (Å²) in [4.78, 5) is 14.0. The second-order valence-electron chi connectivity index (χ2n) is 5.90. The molecule has 0 fully saturated rings. The number of amides is 2. The number of rotatable bonds is 3. The van der Waals surface area contributed by atoms with Gasteiger partial charge in [-0.2, -0.15) is 0 Å². The van der Waals surface area contributed by atoms with E-state index in [2.05, 4.69) is 23.5 Å². The molecule has 0 saturated carbocycles. The van der Waals surface area contributed by atoms with E-state index in [-0.39, 0.29) is 12.1 Å². The molecule has 1 heterocycles. The van der Waals surface area contributed by atoms with Gasteiger partial charge in [-0.1, -0.05) is 66.7 Å². The number of carbonyl (C=O) groups is 1. The molecular weight excluding hydrogens is 328 g/mol. The van der Waals surface area contributed by atoms with Crippen molar-refractivity contribution in [1.82, 2.24) is 10.2 Å². The molecule has 1 aliphatic heterocycles. The lowest BCUT2D eigenvalue weighted by molar-refractivity contribution is 0.191. The predicted molar refractivity (Wildman–Crippen MR) is 108 cm³/mol. The van der Waals surface area contributed by atoms with Crippen LogP contribution < -0.4 is 5.32 Å². The minimum Gasteiger partial charge on any atom is -0.332 e. The van der Waals surface area contributed by atoms with Crippen LogP contribution in [0.5, 0.6) is 0 Å². The zero-order valence-corrected chi connectivity index (χ0v) is 15.7. The predicted octanol–water partition coefficient (Wildman–Crippen LogP) is 4.71. The lowest BCUT2D eigenvalue weighted by Crippen LogP contribution is -2.45. The highest BCUT2D eigenvalue weighted by Crippen LogP contribution is 2.18. The summed E-state index contributed by atoms with van der Waals surface area (Å²) in [7, 11) is 0. The standard InChI is InChI=1S/C15H20N2OS.C6H6/c1-12(8-10-19-2)16-15(18)17-9-7-13-5-3-4-6-14(13)11-17;1-2-4-6-5-3-1/h3-6,8,10,12H,7,9,11H2,1-2H3,(H,16,18);1-6H/b10-8+;. The summed E-state index contributed by atoms with van der Waals surface area (Å²) in [5.41, 5.74) is 2.62. The highest BCUT2D eigenvalue weighted by molar-refractivity contribution is 8.01. The Labute approximate surface area is 155 Å². The molecule has 0 aliphatic carbocycles. The molecule has 3 nitrogen and oxygen atoms in total. The first-order valence-electron chi connectivity index (χ1n) is 8.52. The van der Waals surface area contributed by atoms with Crippen molar-refractivity contribution in [3.63, 3.8) is 0 Å². The van der Waals surface area contributed by atoms with Gasteiger partial charge in [-0.25, -0.2) is 4.79 Å². The Morgan fingerprint density at radius 1 is 1.08 bits per heavy atom. The molecule has 1 N–H and O–H groups in total. The van der Waals surface area contributed by atoms with Crippen LogP contribution in [0, 0.1) is 0 Å². The van der Waals surface area contributed by atoms with Crippen LogP contribution in [0.25, 0.3) is 0 Å². The van der Waals surface area contributed by atoms with Gasteiger partial charge in [-0.05, 0) is 36.1 Å². The van der Waals surface area contributed by atoms with Crippen LogP contribution in [-0.4, -0.2) is 29.8 Å². The smallest absolute Gasteiger partial charge is 0.318 e. The second kappa shape index (κ2) is 10.6. The van der Waals surface area contributed by atoms with Crippen molar-refractivity contribution < 1.29 is 4.79 Å². The van der Waals surface area contributed by atoms with Crippen molar-refractivity contribution in [1.29, 1.82) is 0 Å². The van der Waals surface area contributed by atoms with E-state index in [1.165, 1.54) is 11.1 Å². The zero-order chi connectivity index (χ0) is 17.9. The first-order valence-corrected chi connectivity index (χ1v) is 9.81. The molecule has 0 radical (unpaired) electrons. The number of nitrogens with zero attached hydrogens (tertiary/aromatic N) is 1. The third kappa shape index (κ3) is 6.67. The Balaban J connectivity index is 0.000000316. The first-order chi connectivity index (χ1) is 12.2. The number of urea groups is 1. The van der Waals surface area contributed by atoms with Gasteiger partial charge in [0.2, 0.25) is 0 Å². The molecule has 3 rings (SSSR count). The Bertz CT molecular complexity index is 646. The number of thioether (sulfide) groups is 1. The third-order valence-corrected chi connectivity index (χ3v) is 4.37. The van der Waals surface area contributed by atoms with Crippen LogP contribution in [0.15, 0.2) is 72.1 Å². The van der Waals surface area contributed by atoms with Crippen LogP contribution in [0.1, 0.15) is 18.1 Å². The van der Waals surface area contributed by atoms with Gasteiger partial charge in [-0.3, -0.25) is 0 Å². The Morgan fingerprint density at radius 3 is 2.28 bits per heavy atom. The van der Waals surface area contributed by atoms with E-state index in [1.54, 1.807) is 11.8 Å². The molecule has 0 bridgehead atoms. The molecule has 132 valence electrons. The summed E-state index contributed by atoms with van der Waals surface area (Å²) in [6.45, 7) is 3.49. The number of hydrogen-bond acceptors (Lipinski definition) is 2. The number of benzene rings is 2. The van der Waals surface area contributed by atoms with Gasteiger partial charge >= 0.3 is 6.03 Å². The maximum Gasteiger partial charge on any atom is 0.318 e. The van der Waals surface area contributed by atoms with Gasteiger partial charge < -0.3 is 10.2 Å². The first kappa shape index (κ1) is 19.1. The fraction of sp³-hybridized carbons (Fsp3) is 0.286. The Hall–Kier alpha value is -2.20. The van der Waals surface area contributed by atoms with Crippen molar-refractivity contribution in [3.8, 4) is 0 Å². The summed E-state index contributed by atoms with van der Waals surface area (Å²) in [6, 6.07) is 20.4. The molecule has 1 aliphatic rings. The molecule has 1 unspecified atom stereocenters. The summed E-state index contributed by atoms with van der Waals surface area (Å²) in [5, 5.41) is 5.00. The molecule has 0 saturated heterocycles. The lowest BCUT2D eigenvalue weighted by Gasteiger charge is -2.29. The summed E-state index contributed by atoms with van der Waals surface area (Å²) in [6.07, 6.45) is 4.95. The van der Waals surface area contributed by atoms with Gasteiger partial charge in [0, 0.05) is 19.1 Å². The fourth-order valence-electron chi connectivity index (χ4n) is 2.58. The monoisotopic (exact) mass is 354 g/mol. The summed E-state index contributed by atoms with van der Waals surface area (Å²) in [5.74, 6) is 0. The zero-order valence-electron chi connectivity index (χ0n) is 14.9. The van der Waals surface area contributed by atoms with Crippen molar-refractivity contribution in [2.75, 3.05) is 12.8 Å². The molecule has 2 aromatic carbocycles. The molecule has 0 aromatic heterocycles. The average Bonchev–Trinajstić information content (AvgIpc) is 2.67. The largest absolute Gasteiger partial charge is 0.332 e. The van der Waals surface area contributed by atoms with Crippen molar-refractivity contribution >= 4 is 17.8 Å².